The SMILES string of the molecule is O=C(NC1CCN(Cc2ccccc2)CC1)c1ccc2ccccc2n1. The van der Waals surface area contributed by atoms with Crippen molar-refractivity contribution in [3.63, 3.8) is 0 Å². The highest BCUT2D eigenvalue weighted by atomic mass is 16.1. The Morgan fingerprint density at radius 3 is 2.50 bits per heavy atom. The van der Waals surface area contributed by atoms with Gasteiger partial charge in [-0.3, -0.25) is 9.69 Å². The number of hydrogen-bond donors (Lipinski definition) is 1. The maximum Gasteiger partial charge on any atom is 0.270 e. The Hall–Kier alpha value is -2.72. The first kappa shape index (κ1) is 16.7. The summed E-state index contributed by atoms with van der Waals surface area (Å²) in [5.74, 6) is -0.0720. The molecule has 0 unspecified atom stereocenters. The number of carbonyl (C=O) groups excluding carboxylic acids is 1. The van der Waals surface area contributed by atoms with Crippen molar-refractivity contribution in [1.82, 2.24) is 15.2 Å². The molecule has 2 heterocycles. The van der Waals surface area contributed by atoms with E-state index in [4.69, 9.17) is 0 Å². The predicted octanol–water partition coefficient (Wildman–Crippen LogP) is 3.63. The van der Waals surface area contributed by atoms with E-state index in [2.05, 4.69) is 39.5 Å². The molecular formula is C22H23N3O. The lowest BCUT2D eigenvalue weighted by atomic mass is 10.0. The summed E-state index contributed by atoms with van der Waals surface area (Å²) in [6.45, 7) is 2.99. The Morgan fingerprint density at radius 2 is 1.69 bits per heavy atom. The van der Waals surface area contributed by atoms with Gasteiger partial charge >= 0.3 is 0 Å². The quantitative estimate of drug-likeness (QED) is 0.785. The van der Waals surface area contributed by atoms with Crippen LogP contribution in [0.1, 0.15) is 28.9 Å². The number of amides is 1. The van der Waals surface area contributed by atoms with Crippen LogP contribution >= 0.6 is 0 Å². The van der Waals surface area contributed by atoms with Crippen molar-refractivity contribution in [3.8, 4) is 0 Å². The molecule has 4 heteroatoms. The van der Waals surface area contributed by atoms with Crippen molar-refractivity contribution in [2.75, 3.05) is 13.1 Å². The lowest BCUT2D eigenvalue weighted by molar-refractivity contribution is 0.0904. The number of carbonyl (C=O) groups is 1. The van der Waals surface area contributed by atoms with Gasteiger partial charge in [0.2, 0.25) is 0 Å². The van der Waals surface area contributed by atoms with Gasteiger partial charge < -0.3 is 5.32 Å². The Kier molecular flexibility index (Phi) is 4.93. The molecule has 2 aromatic carbocycles. The van der Waals surface area contributed by atoms with Gasteiger partial charge in [0.25, 0.3) is 5.91 Å². The largest absolute Gasteiger partial charge is 0.348 e. The Morgan fingerprint density at radius 1 is 0.962 bits per heavy atom. The van der Waals surface area contributed by atoms with Gasteiger partial charge in [0.05, 0.1) is 5.52 Å². The van der Waals surface area contributed by atoms with Crippen molar-refractivity contribution in [2.24, 2.45) is 0 Å². The van der Waals surface area contributed by atoms with E-state index >= 15 is 0 Å². The number of para-hydroxylation sites is 1. The van der Waals surface area contributed by atoms with Crippen LogP contribution < -0.4 is 5.32 Å². The first-order valence-corrected chi connectivity index (χ1v) is 9.21. The molecule has 1 aliphatic rings. The van der Waals surface area contributed by atoms with Gasteiger partial charge in [-0.2, -0.15) is 0 Å². The van der Waals surface area contributed by atoms with E-state index in [1.165, 1.54) is 5.56 Å². The Labute approximate surface area is 153 Å². The molecule has 4 rings (SSSR count). The van der Waals surface area contributed by atoms with Crippen LogP contribution in [0.15, 0.2) is 66.7 Å². The summed E-state index contributed by atoms with van der Waals surface area (Å²) in [6, 6.07) is 22.4. The van der Waals surface area contributed by atoms with Gasteiger partial charge in [0.1, 0.15) is 5.69 Å². The standard InChI is InChI=1S/C22H23N3O/c26-22(21-11-10-18-8-4-5-9-20(18)24-21)23-19-12-14-25(15-13-19)16-17-6-2-1-3-7-17/h1-11,19H,12-16H2,(H,23,26). The van der Waals surface area contributed by atoms with Gasteiger partial charge in [-0.1, -0.05) is 54.6 Å². The molecular weight excluding hydrogens is 322 g/mol. The van der Waals surface area contributed by atoms with Crippen LogP contribution in [0, 0.1) is 0 Å². The molecule has 3 aromatic rings. The van der Waals surface area contributed by atoms with Crippen LogP contribution in [0.25, 0.3) is 10.9 Å². The summed E-state index contributed by atoms with van der Waals surface area (Å²) in [5, 5.41) is 4.21. The highest BCUT2D eigenvalue weighted by molar-refractivity contribution is 5.95. The number of nitrogens with zero attached hydrogens (tertiary/aromatic N) is 2. The van der Waals surface area contributed by atoms with Crippen molar-refractivity contribution in [2.45, 2.75) is 25.4 Å². The zero-order chi connectivity index (χ0) is 17.8. The van der Waals surface area contributed by atoms with E-state index in [0.717, 1.165) is 43.4 Å². The van der Waals surface area contributed by atoms with Crippen LogP contribution in [0.2, 0.25) is 0 Å². The molecule has 132 valence electrons. The van der Waals surface area contributed by atoms with Gasteiger partial charge in [0, 0.05) is 31.1 Å². The van der Waals surface area contributed by atoms with Gasteiger partial charge in [-0.15, -0.1) is 0 Å². The molecule has 0 radical (unpaired) electrons. The molecule has 0 atom stereocenters. The molecule has 1 amide bonds. The highest BCUT2D eigenvalue weighted by Gasteiger charge is 2.21. The maximum absolute atomic E-state index is 12.5. The molecule has 1 saturated heterocycles. The fourth-order valence-corrected chi connectivity index (χ4v) is 3.53. The van der Waals surface area contributed by atoms with E-state index in [0.29, 0.717) is 5.69 Å². The lowest BCUT2D eigenvalue weighted by Crippen LogP contribution is -2.44. The summed E-state index contributed by atoms with van der Waals surface area (Å²) in [4.78, 5) is 19.5. The predicted molar refractivity (Wildman–Crippen MR) is 104 cm³/mol. The molecule has 0 saturated carbocycles. The topological polar surface area (TPSA) is 45.2 Å². The number of nitrogens with one attached hydrogen (secondary N) is 1. The van der Waals surface area contributed by atoms with Crippen LogP contribution in [0.3, 0.4) is 0 Å². The zero-order valence-corrected chi connectivity index (χ0v) is 14.8. The van der Waals surface area contributed by atoms with Crippen LogP contribution in [-0.2, 0) is 6.54 Å². The molecule has 26 heavy (non-hydrogen) atoms. The first-order chi connectivity index (χ1) is 12.8. The number of benzene rings is 2. The van der Waals surface area contributed by atoms with Crippen molar-refractivity contribution in [1.29, 1.82) is 0 Å². The third kappa shape index (κ3) is 3.92. The number of pyridine rings is 1. The second kappa shape index (κ2) is 7.67. The van der Waals surface area contributed by atoms with Gasteiger partial charge in [0.15, 0.2) is 0 Å². The average molecular weight is 345 g/mol. The van der Waals surface area contributed by atoms with Gasteiger partial charge in [-0.25, -0.2) is 4.98 Å². The number of piperidine rings is 1. The molecule has 0 aliphatic carbocycles. The van der Waals surface area contributed by atoms with Crippen LogP contribution in [-0.4, -0.2) is 34.9 Å². The van der Waals surface area contributed by atoms with Crippen LogP contribution in [0.4, 0.5) is 0 Å². The number of likely N-dealkylation sites (tertiary alicyclic amines) is 1. The Bertz CT molecular complexity index is 886. The Balaban J connectivity index is 1.32. The second-order valence-electron chi connectivity index (χ2n) is 6.90. The normalized spacial score (nSPS) is 15.8. The molecule has 1 N–H and O–H groups in total. The average Bonchev–Trinajstić information content (AvgIpc) is 2.70. The fraction of sp³-hybridized carbons (Fsp3) is 0.273. The lowest BCUT2D eigenvalue weighted by Gasteiger charge is -2.32. The van der Waals surface area contributed by atoms with Crippen LogP contribution in [0.5, 0.6) is 0 Å². The summed E-state index contributed by atoms with van der Waals surface area (Å²) in [7, 11) is 0. The molecule has 0 spiro atoms. The van der Waals surface area contributed by atoms with E-state index in [1.807, 2.05) is 42.5 Å². The zero-order valence-electron chi connectivity index (χ0n) is 14.8. The van der Waals surface area contributed by atoms with Crippen molar-refractivity contribution >= 4 is 16.8 Å². The second-order valence-corrected chi connectivity index (χ2v) is 6.90. The summed E-state index contributed by atoms with van der Waals surface area (Å²) in [6.07, 6.45) is 1.96. The number of fused-ring (bicyclic) bond motifs is 1. The van der Waals surface area contributed by atoms with Crippen molar-refractivity contribution in [3.05, 3.63) is 78.0 Å². The molecule has 0 bridgehead atoms. The molecule has 1 aliphatic heterocycles. The molecule has 1 aromatic heterocycles. The van der Waals surface area contributed by atoms with E-state index in [1.54, 1.807) is 0 Å². The summed E-state index contributed by atoms with van der Waals surface area (Å²) in [5.41, 5.74) is 2.70. The smallest absolute Gasteiger partial charge is 0.270 e. The third-order valence-corrected chi connectivity index (χ3v) is 5.00. The minimum absolute atomic E-state index is 0.0720. The number of hydrogen-bond acceptors (Lipinski definition) is 3. The molecule has 1 fully saturated rings. The summed E-state index contributed by atoms with van der Waals surface area (Å²) >= 11 is 0. The monoisotopic (exact) mass is 345 g/mol. The van der Waals surface area contributed by atoms with Gasteiger partial charge in [-0.05, 0) is 30.5 Å². The number of aromatic nitrogens is 1. The van der Waals surface area contributed by atoms with E-state index in [-0.39, 0.29) is 11.9 Å². The highest BCUT2D eigenvalue weighted by Crippen LogP contribution is 2.15. The van der Waals surface area contributed by atoms with E-state index < -0.39 is 0 Å². The fourth-order valence-electron chi connectivity index (χ4n) is 3.53. The third-order valence-electron chi connectivity index (χ3n) is 5.00. The minimum atomic E-state index is -0.0720. The first-order valence-electron chi connectivity index (χ1n) is 9.21. The summed E-state index contributed by atoms with van der Waals surface area (Å²) < 4.78 is 0. The minimum Gasteiger partial charge on any atom is -0.348 e. The molecule has 4 nitrogen and oxygen atoms in total. The van der Waals surface area contributed by atoms with Crippen molar-refractivity contribution < 1.29 is 4.79 Å². The van der Waals surface area contributed by atoms with E-state index in [9.17, 15) is 4.79 Å². The number of rotatable bonds is 4. The maximum atomic E-state index is 12.5.